The van der Waals surface area contributed by atoms with E-state index in [1.165, 1.54) is 24.1 Å². The normalized spacial score (nSPS) is 15.7. The molecule has 0 saturated carbocycles. The molecule has 0 aromatic heterocycles. The van der Waals surface area contributed by atoms with Crippen molar-refractivity contribution in [2.24, 2.45) is 0 Å². The van der Waals surface area contributed by atoms with E-state index in [0.717, 1.165) is 5.56 Å². The van der Waals surface area contributed by atoms with E-state index < -0.39 is 11.0 Å². The highest BCUT2D eigenvalue weighted by atomic mass is 16.6. The van der Waals surface area contributed by atoms with Gasteiger partial charge >= 0.3 is 6.09 Å². The predicted octanol–water partition coefficient (Wildman–Crippen LogP) is 3.81. The Balaban J connectivity index is 1.98. The van der Waals surface area contributed by atoms with Gasteiger partial charge in [-0.25, -0.2) is 4.79 Å². The maximum absolute atomic E-state index is 12.3. The lowest BCUT2D eigenvalue weighted by molar-refractivity contribution is -0.384. The molecule has 3 rings (SSSR count). The maximum atomic E-state index is 12.3. The molecule has 0 fully saturated rings. The molecule has 6 nitrogen and oxygen atoms in total. The number of carbonyl (C=O) groups is 1. The molecule has 24 heavy (non-hydrogen) atoms. The van der Waals surface area contributed by atoms with Crippen LogP contribution in [0.15, 0.2) is 54.6 Å². The van der Waals surface area contributed by atoms with E-state index in [4.69, 9.17) is 4.74 Å². The number of hydrogen-bond acceptors (Lipinski definition) is 4. The Morgan fingerprint density at radius 3 is 2.67 bits per heavy atom. The largest absolute Gasteiger partial charge is 0.452 e. The standard InChI is InChI=1S/C18H16N2O4/c1-24-18(21)19-15(11-13-5-3-2-4-6-13)8-7-14-12-16(20(22)23)9-10-17(14)19/h2-10,12,15H,11H2,1H3. The molecular weight excluding hydrogens is 308 g/mol. The Morgan fingerprint density at radius 2 is 2.00 bits per heavy atom. The molecule has 1 heterocycles. The number of nitrogens with zero attached hydrogens (tertiary/aromatic N) is 2. The molecule has 2 aromatic carbocycles. The molecular formula is C18H16N2O4. The number of amides is 1. The van der Waals surface area contributed by atoms with Gasteiger partial charge in [-0.3, -0.25) is 15.0 Å². The van der Waals surface area contributed by atoms with Crippen molar-refractivity contribution < 1.29 is 14.5 Å². The van der Waals surface area contributed by atoms with Crippen molar-refractivity contribution in [1.82, 2.24) is 0 Å². The lowest BCUT2D eigenvalue weighted by Gasteiger charge is -2.32. The van der Waals surface area contributed by atoms with E-state index in [9.17, 15) is 14.9 Å². The second-order valence-corrected chi connectivity index (χ2v) is 5.46. The highest BCUT2D eigenvalue weighted by Gasteiger charge is 2.30. The molecule has 0 bridgehead atoms. The number of anilines is 1. The van der Waals surface area contributed by atoms with E-state index in [0.29, 0.717) is 17.7 Å². The number of rotatable bonds is 3. The van der Waals surface area contributed by atoms with E-state index in [1.54, 1.807) is 6.07 Å². The molecule has 122 valence electrons. The molecule has 0 aliphatic carbocycles. The summed E-state index contributed by atoms with van der Waals surface area (Å²) >= 11 is 0. The smallest absolute Gasteiger partial charge is 0.414 e. The summed E-state index contributed by atoms with van der Waals surface area (Å²) in [5.74, 6) is 0. The highest BCUT2D eigenvalue weighted by molar-refractivity contribution is 5.94. The second kappa shape index (κ2) is 6.54. The second-order valence-electron chi connectivity index (χ2n) is 5.46. The lowest BCUT2D eigenvalue weighted by Crippen LogP contribution is -2.42. The summed E-state index contributed by atoms with van der Waals surface area (Å²) in [7, 11) is 1.32. The van der Waals surface area contributed by atoms with Crippen LogP contribution in [0, 0.1) is 10.1 Å². The van der Waals surface area contributed by atoms with Crippen LogP contribution in [0.1, 0.15) is 11.1 Å². The van der Waals surface area contributed by atoms with Gasteiger partial charge in [-0.15, -0.1) is 0 Å². The Labute approximate surface area is 139 Å². The molecule has 1 atom stereocenters. The SMILES string of the molecule is COC(=O)N1c2ccc([N+](=O)[O-])cc2C=CC1Cc1ccccc1. The zero-order chi connectivity index (χ0) is 17.1. The molecule has 0 spiro atoms. The van der Waals surface area contributed by atoms with Crippen molar-refractivity contribution in [3.05, 3.63) is 75.8 Å². The number of benzene rings is 2. The van der Waals surface area contributed by atoms with E-state index >= 15 is 0 Å². The monoisotopic (exact) mass is 324 g/mol. The number of non-ortho nitro benzene ring substituents is 1. The molecule has 6 heteroatoms. The van der Waals surface area contributed by atoms with Crippen LogP contribution in [-0.2, 0) is 11.2 Å². The van der Waals surface area contributed by atoms with Gasteiger partial charge in [0.25, 0.3) is 5.69 Å². The van der Waals surface area contributed by atoms with Crippen LogP contribution in [0.3, 0.4) is 0 Å². The minimum atomic E-state index is -0.490. The summed E-state index contributed by atoms with van der Waals surface area (Å²) in [6.07, 6.45) is 3.82. The Hall–Kier alpha value is -3.15. The first-order chi connectivity index (χ1) is 11.6. The van der Waals surface area contributed by atoms with Crippen molar-refractivity contribution in [2.75, 3.05) is 12.0 Å². The molecule has 1 aliphatic rings. The van der Waals surface area contributed by atoms with Gasteiger partial charge in [0.05, 0.1) is 23.8 Å². The fourth-order valence-corrected chi connectivity index (χ4v) is 2.83. The van der Waals surface area contributed by atoms with Crippen molar-refractivity contribution in [1.29, 1.82) is 0 Å². The third-order valence-electron chi connectivity index (χ3n) is 3.97. The quantitative estimate of drug-likeness (QED) is 0.636. The van der Waals surface area contributed by atoms with Gasteiger partial charge < -0.3 is 4.74 Å². The number of nitro benzene ring substituents is 1. The average molecular weight is 324 g/mol. The minimum Gasteiger partial charge on any atom is -0.452 e. The van der Waals surface area contributed by atoms with Gasteiger partial charge in [0, 0.05) is 17.7 Å². The van der Waals surface area contributed by atoms with Crippen LogP contribution in [0.5, 0.6) is 0 Å². The third-order valence-corrected chi connectivity index (χ3v) is 3.97. The summed E-state index contributed by atoms with van der Waals surface area (Å²) in [5.41, 5.74) is 2.31. The highest BCUT2D eigenvalue weighted by Crippen LogP contribution is 2.33. The van der Waals surface area contributed by atoms with Gasteiger partial charge in [0.2, 0.25) is 0 Å². The molecule has 1 aliphatic heterocycles. The van der Waals surface area contributed by atoms with Crippen molar-refractivity contribution in [3.8, 4) is 0 Å². The molecule has 0 saturated heterocycles. The lowest BCUT2D eigenvalue weighted by atomic mass is 9.97. The fraction of sp³-hybridized carbons (Fsp3) is 0.167. The number of methoxy groups -OCH3 is 1. The topological polar surface area (TPSA) is 72.7 Å². The van der Waals surface area contributed by atoms with Crippen LogP contribution in [0.25, 0.3) is 6.08 Å². The van der Waals surface area contributed by atoms with Gasteiger partial charge in [0.15, 0.2) is 0 Å². The van der Waals surface area contributed by atoms with Gasteiger partial charge in [-0.2, -0.15) is 0 Å². The Bertz CT molecular complexity index is 802. The molecule has 0 radical (unpaired) electrons. The third kappa shape index (κ3) is 2.99. The van der Waals surface area contributed by atoms with Crippen molar-refractivity contribution >= 4 is 23.5 Å². The summed E-state index contributed by atoms with van der Waals surface area (Å²) in [6, 6.07) is 14.0. The van der Waals surface area contributed by atoms with Crippen LogP contribution in [-0.4, -0.2) is 24.2 Å². The minimum absolute atomic E-state index is 0.00951. The first-order valence-electron chi connectivity index (χ1n) is 7.48. The number of carbonyl (C=O) groups excluding carboxylic acids is 1. The van der Waals surface area contributed by atoms with Gasteiger partial charge in [-0.1, -0.05) is 42.5 Å². The predicted molar refractivity (Wildman–Crippen MR) is 90.9 cm³/mol. The summed E-state index contributed by atoms with van der Waals surface area (Å²) in [5, 5.41) is 10.9. The van der Waals surface area contributed by atoms with Gasteiger partial charge in [-0.05, 0) is 18.1 Å². The summed E-state index contributed by atoms with van der Waals surface area (Å²) in [4.78, 5) is 24.3. The first kappa shape index (κ1) is 15.7. The van der Waals surface area contributed by atoms with E-state index in [1.807, 2.05) is 42.5 Å². The van der Waals surface area contributed by atoms with Crippen LogP contribution < -0.4 is 4.90 Å². The average Bonchev–Trinajstić information content (AvgIpc) is 2.61. The van der Waals surface area contributed by atoms with Crippen LogP contribution in [0.4, 0.5) is 16.2 Å². The van der Waals surface area contributed by atoms with Crippen LogP contribution >= 0.6 is 0 Å². The zero-order valence-electron chi connectivity index (χ0n) is 13.1. The molecule has 0 N–H and O–H groups in total. The zero-order valence-corrected chi connectivity index (χ0v) is 13.1. The van der Waals surface area contributed by atoms with Gasteiger partial charge in [0.1, 0.15) is 0 Å². The first-order valence-corrected chi connectivity index (χ1v) is 7.48. The molecule has 1 amide bonds. The van der Waals surface area contributed by atoms with Crippen molar-refractivity contribution in [3.63, 3.8) is 0 Å². The number of hydrogen-bond donors (Lipinski definition) is 0. The van der Waals surface area contributed by atoms with E-state index in [-0.39, 0.29) is 11.7 Å². The Morgan fingerprint density at radius 1 is 1.25 bits per heavy atom. The summed E-state index contributed by atoms with van der Waals surface area (Å²) in [6.45, 7) is 0. The summed E-state index contributed by atoms with van der Waals surface area (Å²) < 4.78 is 4.91. The van der Waals surface area contributed by atoms with E-state index in [2.05, 4.69) is 0 Å². The number of nitro groups is 1. The van der Waals surface area contributed by atoms with Crippen molar-refractivity contribution in [2.45, 2.75) is 12.5 Å². The molecule has 2 aromatic rings. The molecule has 1 unspecified atom stereocenters. The number of fused-ring (bicyclic) bond motifs is 1. The Kier molecular flexibility index (Phi) is 4.29. The fourth-order valence-electron chi connectivity index (χ4n) is 2.83. The maximum Gasteiger partial charge on any atom is 0.414 e. The van der Waals surface area contributed by atoms with Crippen LogP contribution in [0.2, 0.25) is 0 Å². The number of ether oxygens (including phenoxy) is 1.